The van der Waals surface area contributed by atoms with E-state index in [1.165, 1.54) is 55.3 Å². The molecule has 0 fully saturated rings. The van der Waals surface area contributed by atoms with Crippen LogP contribution in [0.5, 0.6) is 0 Å². The maximum absolute atomic E-state index is 14.8. The third-order valence-electron chi connectivity index (χ3n) is 9.90. The predicted molar refractivity (Wildman–Crippen MR) is 160 cm³/mol. The summed E-state index contributed by atoms with van der Waals surface area (Å²) in [6.45, 7) is 29.4. The van der Waals surface area contributed by atoms with E-state index in [0.717, 1.165) is 44.2 Å². The molecule has 0 spiro atoms. The number of sulfone groups is 1. The Balaban J connectivity index is 2.26. The molecule has 0 aliphatic carbocycles. The van der Waals surface area contributed by atoms with E-state index in [1.54, 1.807) is 0 Å². The lowest BCUT2D eigenvalue weighted by Crippen LogP contribution is -2.14. The topological polar surface area (TPSA) is 34.1 Å². The largest absolute Gasteiger partial charge is 0.218 e. The predicted octanol–water partition coefficient (Wildman–Crippen LogP) is 9.14. The number of benzene rings is 4. The number of hydrogen-bond acceptors (Lipinski definition) is 2. The highest BCUT2D eigenvalue weighted by Crippen LogP contribution is 2.44. The van der Waals surface area contributed by atoms with Crippen molar-refractivity contribution < 1.29 is 8.42 Å². The lowest BCUT2D eigenvalue weighted by molar-refractivity contribution is 0.593. The summed E-state index contributed by atoms with van der Waals surface area (Å²) in [5, 5.41) is 4.59. The minimum absolute atomic E-state index is 0.478. The molecular weight excluding hydrogens is 472 g/mol. The molecule has 0 heterocycles. The quantitative estimate of drug-likeness (QED) is 0.267. The summed E-state index contributed by atoms with van der Waals surface area (Å²) in [6.07, 6.45) is 0. The molecule has 0 amide bonds. The van der Waals surface area contributed by atoms with Gasteiger partial charge in [-0.25, -0.2) is 8.42 Å². The second-order valence-electron chi connectivity index (χ2n) is 11.4. The van der Waals surface area contributed by atoms with Crippen LogP contribution in [0.1, 0.15) is 77.9 Å². The van der Waals surface area contributed by atoms with Gasteiger partial charge in [0.05, 0.1) is 9.79 Å². The second kappa shape index (κ2) is 8.70. The minimum atomic E-state index is -3.79. The molecule has 0 saturated carbocycles. The molecule has 4 aromatic carbocycles. The van der Waals surface area contributed by atoms with Crippen molar-refractivity contribution in [2.75, 3.05) is 0 Å². The third-order valence-corrected chi connectivity index (χ3v) is 12.2. The van der Waals surface area contributed by atoms with Crippen LogP contribution >= 0.6 is 0 Å². The van der Waals surface area contributed by atoms with Gasteiger partial charge in [-0.05, 0) is 196 Å². The van der Waals surface area contributed by atoms with Crippen LogP contribution < -0.4 is 0 Å². The highest BCUT2D eigenvalue weighted by atomic mass is 32.2. The summed E-state index contributed by atoms with van der Waals surface area (Å²) >= 11 is 0. The van der Waals surface area contributed by atoms with Gasteiger partial charge in [0.1, 0.15) is 0 Å². The summed E-state index contributed by atoms with van der Waals surface area (Å²) in [6, 6.07) is 0. The molecule has 0 aliphatic heterocycles. The zero-order valence-corrected chi connectivity index (χ0v) is 26.0. The molecule has 2 nitrogen and oxygen atoms in total. The third kappa shape index (κ3) is 3.46. The summed E-state index contributed by atoms with van der Waals surface area (Å²) in [5.74, 6) is 0. The summed E-state index contributed by atoms with van der Waals surface area (Å²) in [4.78, 5) is 0.956. The molecule has 0 radical (unpaired) electrons. The van der Waals surface area contributed by atoms with E-state index in [4.69, 9.17) is 0 Å². The fourth-order valence-corrected chi connectivity index (χ4v) is 9.24. The molecule has 0 unspecified atom stereocenters. The SMILES string of the molecule is Cc1c(C)c(C)c2c(C)c(S(=O)(=O)c3c(C)c(C)c4c(C)c(C)c(C)c(C)c4c3C)c(C)c(C)c2c1C. The van der Waals surface area contributed by atoms with Gasteiger partial charge in [0.25, 0.3) is 0 Å². The van der Waals surface area contributed by atoms with Crippen LogP contribution in [0.3, 0.4) is 0 Å². The van der Waals surface area contributed by atoms with Crippen molar-refractivity contribution in [2.24, 2.45) is 0 Å². The molecule has 196 valence electrons. The molecule has 37 heavy (non-hydrogen) atoms. The van der Waals surface area contributed by atoms with E-state index in [2.05, 4.69) is 69.2 Å². The van der Waals surface area contributed by atoms with E-state index in [-0.39, 0.29) is 0 Å². The van der Waals surface area contributed by atoms with Gasteiger partial charge in [-0.15, -0.1) is 0 Å². The van der Waals surface area contributed by atoms with E-state index in [9.17, 15) is 8.42 Å². The lowest BCUT2D eigenvalue weighted by atomic mass is 9.85. The summed E-state index contributed by atoms with van der Waals surface area (Å²) in [7, 11) is -3.79. The van der Waals surface area contributed by atoms with E-state index >= 15 is 0 Å². The molecule has 0 N–H and O–H groups in total. The van der Waals surface area contributed by atoms with Crippen LogP contribution in [0, 0.1) is 96.9 Å². The molecule has 4 rings (SSSR count). The van der Waals surface area contributed by atoms with Crippen molar-refractivity contribution >= 4 is 31.4 Å². The summed E-state index contributed by atoms with van der Waals surface area (Å²) < 4.78 is 29.6. The molecule has 0 bridgehead atoms. The van der Waals surface area contributed by atoms with Crippen LogP contribution in [0.25, 0.3) is 21.5 Å². The lowest BCUT2D eigenvalue weighted by Gasteiger charge is -2.26. The first-order valence-electron chi connectivity index (χ1n) is 13.2. The van der Waals surface area contributed by atoms with Crippen LogP contribution in [0.2, 0.25) is 0 Å². The Hall–Kier alpha value is -2.65. The van der Waals surface area contributed by atoms with Crippen LogP contribution in [0.15, 0.2) is 9.79 Å². The van der Waals surface area contributed by atoms with Crippen molar-refractivity contribution in [3.63, 3.8) is 0 Å². The van der Waals surface area contributed by atoms with Crippen molar-refractivity contribution in [1.29, 1.82) is 0 Å². The second-order valence-corrected chi connectivity index (χ2v) is 13.2. The Bertz CT molecular complexity index is 1670. The fourth-order valence-electron chi connectivity index (χ4n) is 6.91. The van der Waals surface area contributed by atoms with Crippen LogP contribution in [-0.4, -0.2) is 8.42 Å². The van der Waals surface area contributed by atoms with Gasteiger partial charge < -0.3 is 0 Å². The Kier molecular flexibility index (Phi) is 6.44. The molecule has 0 aromatic heterocycles. The monoisotopic (exact) mass is 514 g/mol. The van der Waals surface area contributed by atoms with Crippen molar-refractivity contribution in [3.8, 4) is 0 Å². The van der Waals surface area contributed by atoms with Gasteiger partial charge in [0, 0.05) is 0 Å². The minimum Gasteiger partial charge on any atom is -0.218 e. The van der Waals surface area contributed by atoms with Gasteiger partial charge in [0.2, 0.25) is 9.84 Å². The zero-order valence-electron chi connectivity index (χ0n) is 25.2. The van der Waals surface area contributed by atoms with E-state index in [0.29, 0.717) is 9.79 Å². The van der Waals surface area contributed by atoms with Crippen LogP contribution in [0.4, 0.5) is 0 Å². The average molecular weight is 515 g/mol. The maximum Gasteiger partial charge on any atom is 0.207 e. The van der Waals surface area contributed by atoms with Gasteiger partial charge in [-0.1, -0.05) is 0 Å². The first-order valence-corrected chi connectivity index (χ1v) is 14.7. The number of hydrogen-bond donors (Lipinski definition) is 0. The fraction of sp³-hybridized carbons (Fsp3) is 0.412. The molecule has 3 heteroatoms. The first kappa shape index (κ1) is 27.4. The molecule has 4 aromatic rings. The summed E-state index contributed by atoms with van der Waals surface area (Å²) in [5.41, 5.74) is 15.5. The zero-order chi connectivity index (χ0) is 28.0. The van der Waals surface area contributed by atoms with Gasteiger partial charge >= 0.3 is 0 Å². The normalized spacial score (nSPS) is 12.3. The Labute approximate surface area is 224 Å². The highest BCUT2D eigenvalue weighted by Gasteiger charge is 2.32. The standard InChI is InChI=1S/C34H42O2S/c1-15-17(3)21(7)31-27(13)33(25(11)23(9)29(31)19(15)5)37(35,36)34-26(12)24(10)30-20(6)16(2)18(4)22(8)32(30)28(34)14/h1-14H3. The van der Waals surface area contributed by atoms with E-state index in [1.807, 2.05) is 27.7 Å². The molecule has 0 aliphatic rings. The van der Waals surface area contributed by atoms with Crippen LogP contribution in [-0.2, 0) is 9.84 Å². The number of aryl methyl sites for hydroxylation is 8. The number of rotatable bonds is 2. The highest BCUT2D eigenvalue weighted by molar-refractivity contribution is 7.91. The smallest absolute Gasteiger partial charge is 0.207 e. The molecule has 0 saturated heterocycles. The Morgan fingerprint density at radius 2 is 0.459 bits per heavy atom. The maximum atomic E-state index is 14.8. The van der Waals surface area contributed by atoms with Crippen molar-refractivity contribution in [3.05, 3.63) is 77.9 Å². The van der Waals surface area contributed by atoms with Gasteiger partial charge in [0.15, 0.2) is 0 Å². The van der Waals surface area contributed by atoms with Gasteiger partial charge in [-0.2, -0.15) is 0 Å². The first-order chi connectivity index (χ1) is 17.0. The van der Waals surface area contributed by atoms with Crippen molar-refractivity contribution in [2.45, 2.75) is 107 Å². The molecular formula is C34H42O2S. The average Bonchev–Trinajstić information content (AvgIpc) is 2.82. The number of fused-ring (bicyclic) bond motifs is 2. The molecule has 0 atom stereocenters. The van der Waals surface area contributed by atoms with Crippen molar-refractivity contribution in [1.82, 2.24) is 0 Å². The van der Waals surface area contributed by atoms with E-state index < -0.39 is 9.84 Å². The van der Waals surface area contributed by atoms with Gasteiger partial charge in [-0.3, -0.25) is 0 Å². The Morgan fingerprint density at radius 1 is 0.270 bits per heavy atom. The Morgan fingerprint density at radius 3 is 0.703 bits per heavy atom.